The van der Waals surface area contributed by atoms with Crippen LogP contribution in [-0.4, -0.2) is 11.9 Å². The number of rotatable bonds is 37. The molecule has 0 aliphatic rings. The van der Waals surface area contributed by atoms with Crippen LogP contribution in [0.4, 0.5) is 11.4 Å². The first-order chi connectivity index (χ1) is 28.6. The standard InChI is InChI=1S/C56H92N2.Ni/c1-6-11-16-17-18-19-20-21-22-23-24-25-26-27-28-29-30-31-32-33-34-35-36-37-42-54(58-56-47-52(40-14-9-4)44-53(48-56)41-15-10-5)49-57-55-45-50(38-12-7-2)43-51(46-55)39-13-8-3;/h43-49H,6-36,38-41H2,1-5H3;. The quantitative estimate of drug-likeness (QED) is 0.0280. The van der Waals surface area contributed by atoms with Crippen molar-refractivity contribution in [2.24, 2.45) is 9.98 Å². The van der Waals surface area contributed by atoms with E-state index in [1.165, 1.54) is 215 Å². The third-order valence-electron chi connectivity index (χ3n) is 11.8. The van der Waals surface area contributed by atoms with Crippen LogP contribution >= 0.6 is 0 Å². The van der Waals surface area contributed by atoms with E-state index in [1.54, 1.807) is 0 Å². The van der Waals surface area contributed by atoms with E-state index in [-0.39, 0.29) is 16.5 Å². The molecule has 59 heavy (non-hydrogen) atoms. The Kier molecular flexibility index (Phi) is 37.1. The van der Waals surface area contributed by atoms with Gasteiger partial charge in [-0.15, -0.1) is 0 Å². The van der Waals surface area contributed by atoms with Crippen LogP contribution in [0.3, 0.4) is 0 Å². The fourth-order valence-electron chi connectivity index (χ4n) is 8.07. The minimum atomic E-state index is 0. The summed E-state index contributed by atoms with van der Waals surface area (Å²) in [6.45, 7) is 11.4. The van der Waals surface area contributed by atoms with E-state index in [1.807, 2.05) is 6.21 Å². The largest absolute Gasteiger partial charge is 0.254 e. The fourth-order valence-corrected chi connectivity index (χ4v) is 8.07. The van der Waals surface area contributed by atoms with E-state index >= 15 is 0 Å². The molecule has 2 aromatic rings. The predicted molar refractivity (Wildman–Crippen MR) is 262 cm³/mol. The topological polar surface area (TPSA) is 24.7 Å². The second kappa shape index (κ2) is 39.9. The number of aryl methyl sites for hydroxylation is 4. The molecule has 0 amide bonds. The summed E-state index contributed by atoms with van der Waals surface area (Å²) in [6, 6.07) is 13.9. The Hall–Kier alpha value is -2.17. The maximum absolute atomic E-state index is 5.18. The molecule has 2 rings (SSSR count). The van der Waals surface area contributed by atoms with E-state index in [9.17, 15) is 0 Å². The molecule has 3 heteroatoms. The Bertz CT molecular complexity index is 1340. The second-order valence-electron chi connectivity index (χ2n) is 17.7. The first-order valence-corrected chi connectivity index (χ1v) is 25.5. The summed E-state index contributed by atoms with van der Waals surface area (Å²) in [5.74, 6) is 6.98. The van der Waals surface area contributed by atoms with Gasteiger partial charge in [0.05, 0.1) is 17.6 Å². The monoisotopic (exact) mass is 851 g/mol. The third-order valence-corrected chi connectivity index (χ3v) is 11.8. The summed E-state index contributed by atoms with van der Waals surface area (Å²) in [6.07, 6.45) is 48.2. The summed E-state index contributed by atoms with van der Waals surface area (Å²) in [5.41, 5.74) is 8.45. The second-order valence-corrected chi connectivity index (χ2v) is 17.7. The first kappa shape index (κ1) is 54.9. The zero-order valence-electron chi connectivity index (χ0n) is 39.5. The number of aliphatic imine (C=N–C) groups is 2. The SMILES string of the molecule is CCCCCCCCCCCCCCCCCCCCCCCCC#CC(C=Nc1cc(CCCC)cc(CCCC)c1)=Nc1cc(CCCC)cc(CCCC)c1.[Ni]. The Morgan fingerprint density at radius 2 is 0.695 bits per heavy atom. The Morgan fingerprint density at radius 1 is 0.390 bits per heavy atom. The number of hydrogen-bond donors (Lipinski definition) is 0. The van der Waals surface area contributed by atoms with Crippen LogP contribution in [0.25, 0.3) is 0 Å². The van der Waals surface area contributed by atoms with Crippen molar-refractivity contribution < 1.29 is 16.5 Å². The molecule has 0 saturated carbocycles. The molecule has 336 valence electrons. The molecule has 0 bridgehead atoms. The van der Waals surface area contributed by atoms with Crippen molar-refractivity contribution >= 4 is 23.3 Å². The maximum Gasteiger partial charge on any atom is 0.132 e. The molecule has 0 N–H and O–H groups in total. The molecule has 2 aromatic carbocycles. The Balaban J connectivity index is 0.0000174. The van der Waals surface area contributed by atoms with Crippen molar-refractivity contribution in [1.82, 2.24) is 0 Å². The van der Waals surface area contributed by atoms with Gasteiger partial charge in [0.1, 0.15) is 5.71 Å². The van der Waals surface area contributed by atoms with E-state index in [0.29, 0.717) is 0 Å². The molecular formula is C56H92N2Ni. The average molecular weight is 852 g/mol. The number of nitrogens with zero attached hydrogens (tertiary/aromatic N) is 2. The predicted octanol–water partition coefficient (Wildman–Crippen LogP) is 18.5. The van der Waals surface area contributed by atoms with Gasteiger partial charge in [0.25, 0.3) is 0 Å². The molecule has 0 atom stereocenters. The first-order valence-electron chi connectivity index (χ1n) is 25.5. The molecule has 0 fully saturated rings. The van der Waals surface area contributed by atoms with Gasteiger partial charge in [-0.1, -0.05) is 213 Å². The van der Waals surface area contributed by atoms with Gasteiger partial charge < -0.3 is 0 Å². The van der Waals surface area contributed by atoms with Crippen LogP contribution in [-0.2, 0) is 42.2 Å². The van der Waals surface area contributed by atoms with Gasteiger partial charge >= 0.3 is 0 Å². The summed E-state index contributed by atoms with van der Waals surface area (Å²) >= 11 is 0. The molecule has 2 nitrogen and oxygen atoms in total. The zero-order valence-corrected chi connectivity index (χ0v) is 40.5. The molecular weight excluding hydrogens is 759 g/mol. The molecule has 0 aliphatic heterocycles. The van der Waals surface area contributed by atoms with E-state index < -0.39 is 0 Å². The van der Waals surface area contributed by atoms with Crippen LogP contribution in [0.1, 0.15) is 256 Å². The normalized spacial score (nSPS) is 11.6. The van der Waals surface area contributed by atoms with Crippen molar-refractivity contribution in [1.29, 1.82) is 0 Å². The van der Waals surface area contributed by atoms with Gasteiger partial charge in [0.15, 0.2) is 0 Å². The van der Waals surface area contributed by atoms with E-state index in [2.05, 4.69) is 82.9 Å². The van der Waals surface area contributed by atoms with Gasteiger partial charge in [-0.2, -0.15) is 0 Å². The van der Waals surface area contributed by atoms with Gasteiger partial charge in [-0.3, -0.25) is 4.99 Å². The molecule has 0 aliphatic carbocycles. The Morgan fingerprint density at radius 3 is 1.03 bits per heavy atom. The minimum Gasteiger partial charge on any atom is -0.254 e. The van der Waals surface area contributed by atoms with Crippen molar-refractivity contribution in [2.45, 2.75) is 259 Å². The molecule has 0 radical (unpaired) electrons. The van der Waals surface area contributed by atoms with Crippen LogP contribution in [0, 0.1) is 11.8 Å². The van der Waals surface area contributed by atoms with Gasteiger partial charge in [-0.25, -0.2) is 4.99 Å². The smallest absolute Gasteiger partial charge is 0.132 e. The van der Waals surface area contributed by atoms with Crippen LogP contribution in [0.15, 0.2) is 46.4 Å². The summed E-state index contributed by atoms with van der Waals surface area (Å²) in [4.78, 5) is 10.2. The van der Waals surface area contributed by atoms with E-state index in [0.717, 1.165) is 49.2 Å². The maximum atomic E-state index is 5.18. The molecule has 0 heterocycles. The van der Waals surface area contributed by atoms with Crippen molar-refractivity contribution in [3.05, 3.63) is 58.7 Å². The zero-order chi connectivity index (χ0) is 41.6. The summed E-state index contributed by atoms with van der Waals surface area (Å²) in [7, 11) is 0. The third kappa shape index (κ3) is 30.5. The Labute approximate surface area is 377 Å². The van der Waals surface area contributed by atoms with E-state index in [4.69, 9.17) is 9.98 Å². The average Bonchev–Trinajstić information content (AvgIpc) is 3.23. The van der Waals surface area contributed by atoms with Crippen molar-refractivity contribution in [3.63, 3.8) is 0 Å². The van der Waals surface area contributed by atoms with Crippen LogP contribution in [0.2, 0.25) is 0 Å². The van der Waals surface area contributed by atoms with Crippen LogP contribution in [0.5, 0.6) is 0 Å². The van der Waals surface area contributed by atoms with Crippen molar-refractivity contribution in [3.8, 4) is 11.8 Å². The summed E-state index contributed by atoms with van der Waals surface area (Å²) in [5, 5.41) is 0. The van der Waals surface area contributed by atoms with Gasteiger partial charge in [-0.05, 0) is 110 Å². The molecule has 0 unspecified atom stereocenters. The van der Waals surface area contributed by atoms with Gasteiger partial charge in [0.2, 0.25) is 0 Å². The number of unbranched alkanes of at least 4 members (excludes halogenated alkanes) is 26. The molecule has 0 spiro atoms. The summed E-state index contributed by atoms with van der Waals surface area (Å²) < 4.78 is 0. The molecule has 0 aromatic heterocycles. The number of benzene rings is 2. The van der Waals surface area contributed by atoms with Crippen molar-refractivity contribution in [2.75, 3.05) is 0 Å². The van der Waals surface area contributed by atoms with Crippen LogP contribution < -0.4 is 0 Å². The van der Waals surface area contributed by atoms with Gasteiger partial charge in [0, 0.05) is 22.9 Å². The molecule has 0 saturated heterocycles. The minimum absolute atomic E-state index is 0. The fraction of sp³-hybridized carbons (Fsp3) is 0.714. The number of hydrogen-bond acceptors (Lipinski definition) is 2.